The Bertz CT molecular complexity index is 419. The summed E-state index contributed by atoms with van der Waals surface area (Å²) in [6.45, 7) is 1.71. The van der Waals surface area contributed by atoms with Crippen molar-refractivity contribution in [1.29, 1.82) is 0 Å². The molecule has 1 heterocycles. The smallest absolute Gasteiger partial charge is 0.283 e. The summed E-state index contributed by atoms with van der Waals surface area (Å²) in [6.07, 6.45) is 0. The summed E-state index contributed by atoms with van der Waals surface area (Å²) >= 11 is 6.38. The van der Waals surface area contributed by atoms with Crippen LogP contribution in [0.4, 0.5) is 0 Å². The van der Waals surface area contributed by atoms with Gasteiger partial charge in [0.05, 0.1) is 0 Å². The second-order valence-electron chi connectivity index (χ2n) is 2.63. The van der Waals surface area contributed by atoms with E-state index in [9.17, 15) is 4.79 Å². The van der Waals surface area contributed by atoms with Crippen LogP contribution >= 0.6 is 17.1 Å². The Balaban J connectivity index is 2.69. The first-order valence-corrected chi connectivity index (χ1v) is 8.27. The van der Waals surface area contributed by atoms with Gasteiger partial charge in [0, 0.05) is 20.3 Å². The van der Waals surface area contributed by atoms with Gasteiger partial charge in [0.15, 0.2) is 0 Å². The number of hydrogen-bond acceptors (Lipinski definition) is 6. The highest BCUT2D eigenvalue weighted by Gasteiger charge is 2.17. The fourth-order valence-corrected chi connectivity index (χ4v) is 3.47. The summed E-state index contributed by atoms with van der Waals surface area (Å²) in [5.41, 5.74) is -2.51. The molecule has 0 spiro atoms. The first kappa shape index (κ1) is 13.0. The summed E-state index contributed by atoms with van der Waals surface area (Å²) in [4.78, 5) is 11.3. The minimum Gasteiger partial charge on any atom is -0.380 e. The molecule has 5 nitrogen and oxygen atoms in total. The third kappa shape index (κ3) is 3.46. The van der Waals surface area contributed by atoms with E-state index in [2.05, 4.69) is 0 Å². The van der Waals surface area contributed by atoms with Crippen molar-refractivity contribution in [2.75, 3.05) is 14.2 Å². The second kappa shape index (κ2) is 5.32. The standard InChI is InChI=1S/C7H12NO4PS2/c1-6-4-7(9)8(12-6)5-15-13(14,10-2)11-3/h4H,5H2,1-3H3. The molecular weight excluding hydrogens is 257 g/mol. The van der Waals surface area contributed by atoms with Crippen LogP contribution in [0, 0.1) is 6.92 Å². The average Bonchev–Trinajstić information content (AvgIpc) is 2.54. The Labute approximate surface area is 96.6 Å². The summed E-state index contributed by atoms with van der Waals surface area (Å²) in [5, 5.41) is 0. The van der Waals surface area contributed by atoms with Crippen molar-refractivity contribution in [2.24, 2.45) is 0 Å². The lowest BCUT2D eigenvalue weighted by Gasteiger charge is -2.15. The molecule has 15 heavy (non-hydrogen) atoms. The van der Waals surface area contributed by atoms with Crippen LogP contribution in [0.15, 0.2) is 15.4 Å². The van der Waals surface area contributed by atoms with Gasteiger partial charge in [-0.2, -0.15) is 4.74 Å². The SMILES string of the molecule is COP(=S)(OC)SCn1oc(C)cc1=O. The zero-order valence-electron chi connectivity index (χ0n) is 8.63. The molecule has 86 valence electrons. The van der Waals surface area contributed by atoms with Crippen molar-refractivity contribution < 1.29 is 13.6 Å². The van der Waals surface area contributed by atoms with Crippen molar-refractivity contribution in [2.45, 2.75) is 12.8 Å². The number of nitrogens with zero attached hydrogens (tertiary/aromatic N) is 1. The maximum atomic E-state index is 11.3. The number of hydrogen-bond donors (Lipinski definition) is 0. The number of aromatic nitrogens is 1. The predicted molar refractivity (Wildman–Crippen MR) is 63.6 cm³/mol. The number of aryl methyl sites for hydroxylation is 1. The van der Waals surface area contributed by atoms with Gasteiger partial charge in [-0.15, -0.1) is 0 Å². The molecular formula is C7H12NO4PS2. The average molecular weight is 269 g/mol. The van der Waals surface area contributed by atoms with Crippen LogP contribution in [0.25, 0.3) is 0 Å². The second-order valence-corrected chi connectivity index (χ2v) is 9.13. The summed E-state index contributed by atoms with van der Waals surface area (Å²) in [7, 11) is 2.99. The van der Waals surface area contributed by atoms with Gasteiger partial charge in [-0.25, -0.2) is 0 Å². The van der Waals surface area contributed by atoms with Crippen molar-refractivity contribution in [1.82, 2.24) is 4.74 Å². The molecule has 0 fully saturated rings. The molecule has 0 aliphatic carbocycles. The van der Waals surface area contributed by atoms with Gasteiger partial charge in [0.1, 0.15) is 11.6 Å². The van der Waals surface area contributed by atoms with E-state index in [-0.39, 0.29) is 5.56 Å². The topological polar surface area (TPSA) is 53.6 Å². The number of rotatable bonds is 5. The van der Waals surface area contributed by atoms with Gasteiger partial charge < -0.3 is 13.6 Å². The van der Waals surface area contributed by atoms with Crippen LogP contribution in [0.2, 0.25) is 0 Å². The highest BCUT2D eigenvalue weighted by atomic mass is 32.9. The van der Waals surface area contributed by atoms with Crippen molar-refractivity contribution in [3.8, 4) is 0 Å². The molecule has 0 radical (unpaired) electrons. The molecule has 0 aliphatic rings. The van der Waals surface area contributed by atoms with Crippen molar-refractivity contribution in [3.63, 3.8) is 0 Å². The van der Waals surface area contributed by atoms with Gasteiger partial charge in [0.2, 0.25) is 5.69 Å². The Hall–Kier alpha value is -0.0700. The summed E-state index contributed by atoms with van der Waals surface area (Å²) in [5.74, 6) is 0.870. The van der Waals surface area contributed by atoms with E-state index >= 15 is 0 Å². The van der Waals surface area contributed by atoms with E-state index in [1.807, 2.05) is 0 Å². The van der Waals surface area contributed by atoms with Crippen LogP contribution < -0.4 is 5.56 Å². The van der Waals surface area contributed by atoms with E-state index in [4.69, 9.17) is 25.4 Å². The summed E-state index contributed by atoms with van der Waals surface area (Å²) < 4.78 is 16.5. The van der Waals surface area contributed by atoms with E-state index in [1.54, 1.807) is 6.92 Å². The molecule has 0 atom stereocenters. The minimum absolute atomic E-state index is 0.186. The molecule has 0 amide bonds. The molecule has 0 aromatic carbocycles. The maximum absolute atomic E-state index is 11.3. The highest BCUT2D eigenvalue weighted by molar-refractivity contribution is 8.67. The largest absolute Gasteiger partial charge is 0.380 e. The van der Waals surface area contributed by atoms with E-state index < -0.39 is 5.69 Å². The molecule has 8 heteroatoms. The first-order valence-electron chi connectivity index (χ1n) is 4.04. The first-order chi connectivity index (χ1) is 7.00. The van der Waals surface area contributed by atoms with Crippen LogP contribution in [0.5, 0.6) is 0 Å². The van der Waals surface area contributed by atoms with Crippen LogP contribution in [-0.2, 0) is 26.7 Å². The molecule has 0 unspecified atom stereocenters. The Kier molecular flexibility index (Phi) is 4.61. The van der Waals surface area contributed by atoms with E-state index in [1.165, 1.54) is 36.4 Å². The van der Waals surface area contributed by atoms with Crippen molar-refractivity contribution in [3.05, 3.63) is 22.2 Å². The molecule has 0 saturated carbocycles. The minimum atomic E-state index is -2.33. The zero-order valence-corrected chi connectivity index (χ0v) is 11.2. The molecule has 1 aromatic heterocycles. The molecule has 1 rings (SSSR count). The monoisotopic (exact) mass is 269 g/mol. The third-order valence-corrected chi connectivity index (χ3v) is 7.20. The molecule has 0 saturated heterocycles. The van der Waals surface area contributed by atoms with Crippen LogP contribution in [0.1, 0.15) is 5.76 Å². The summed E-state index contributed by atoms with van der Waals surface area (Å²) in [6, 6.07) is 1.42. The zero-order chi connectivity index (χ0) is 11.5. The normalized spacial score (nSPS) is 11.9. The third-order valence-electron chi connectivity index (χ3n) is 1.61. The van der Waals surface area contributed by atoms with Crippen LogP contribution in [-0.4, -0.2) is 19.0 Å². The highest BCUT2D eigenvalue weighted by Crippen LogP contribution is 2.60. The van der Waals surface area contributed by atoms with Gasteiger partial charge in [-0.3, -0.25) is 4.79 Å². The Morgan fingerprint density at radius 2 is 2.20 bits per heavy atom. The fraction of sp³-hybridized carbons (Fsp3) is 0.571. The van der Waals surface area contributed by atoms with Gasteiger partial charge >= 0.3 is 0 Å². The Morgan fingerprint density at radius 1 is 1.60 bits per heavy atom. The Morgan fingerprint density at radius 3 is 2.60 bits per heavy atom. The molecule has 1 aromatic rings. The lowest BCUT2D eigenvalue weighted by molar-refractivity contribution is 0.279. The fourth-order valence-electron chi connectivity index (χ4n) is 0.884. The lowest BCUT2D eigenvalue weighted by atomic mass is 10.5. The van der Waals surface area contributed by atoms with Crippen LogP contribution in [0.3, 0.4) is 0 Å². The molecule has 0 aliphatic heterocycles. The lowest BCUT2D eigenvalue weighted by Crippen LogP contribution is -2.11. The molecule has 0 bridgehead atoms. The maximum Gasteiger partial charge on any atom is 0.283 e. The van der Waals surface area contributed by atoms with E-state index in [0.29, 0.717) is 11.6 Å². The quantitative estimate of drug-likeness (QED) is 0.762. The van der Waals surface area contributed by atoms with Gasteiger partial charge in [-0.05, 0) is 30.1 Å². The van der Waals surface area contributed by atoms with Gasteiger partial charge in [-0.1, -0.05) is 0 Å². The molecule has 0 N–H and O–H groups in total. The van der Waals surface area contributed by atoms with Gasteiger partial charge in [0.25, 0.3) is 5.56 Å². The van der Waals surface area contributed by atoms with Crippen molar-refractivity contribution >= 4 is 28.9 Å². The van der Waals surface area contributed by atoms with E-state index in [0.717, 1.165) is 0 Å². The predicted octanol–water partition coefficient (Wildman–Crippen LogP) is 1.96.